The number of anilines is 1. The number of nitrogens with zero attached hydrogens (tertiary/aromatic N) is 2. The predicted octanol–water partition coefficient (Wildman–Crippen LogP) is 2.68. The van der Waals surface area contributed by atoms with Crippen molar-refractivity contribution in [2.75, 3.05) is 18.0 Å². The Balaban J connectivity index is 3.22. The molecule has 2 N–H and O–H groups in total. The molecule has 0 aliphatic carbocycles. The van der Waals surface area contributed by atoms with Gasteiger partial charge in [0.25, 0.3) is 0 Å². The van der Waals surface area contributed by atoms with Gasteiger partial charge in [-0.2, -0.15) is 0 Å². The summed E-state index contributed by atoms with van der Waals surface area (Å²) >= 11 is 0. The zero-order chi connectivity index (χ0) is 13.1. The maximum atomic E-state index is 5.77. The van der Waals surface area contributed by atoms with Gasteiger partial charge in [-0.05, 0) is 31.5 Å². The van der Waals surface area contributed by atoms with Gasteiger partial charge in [0.1, 0.15) is 5.82 Å². The summed E-state index contributed by atoms with van der Waals surface area (Å²) in [6.07, 6.45) is 0. The predicted molar refractivity (Wildman–Crippen MR) is 74.4 cm³/mol. The van der Waals surface area contributed by atoms with Crippen LogP contribution in [0.1, 0.15) is 45.9 Å². The first kappa shape index (κ1) is 14.0. The van der Waals surface area contributed by atoms with Crippen molar-refractivity contribution in [1.29, 1.82) is 0 Å². The van der Waals surface area contributed by atoms with Gasteiger partial charge in [0.05, 0.1) is 0 Å². The standard InChI is InChI=1S/C14H25N3/c1-6-17(7-2)13-9-11(10-15)8-12(16-13)14(3,4)5/h8-9H,6-7,10,15H2,1-5H3. The average molecular weight is 235 g/mol. The van der Waals surface area contributed by atoms with Crippen LogP contribution in [-0.2, 0) is 12.0 Å². The lowest BCUT2D eigenvalue weighted by molar-refractivity contribution is 0.566. The Morgan fingerprint density at radius 1 is 1.18 bits per heavy atom. The Hall–Kier alpha value is -1.09. The molecule has 1 heterocycles. The lowest BCUT2D eigenvalue weighted by Crippen LogP contribution is -2.25. The first-order chi connectivity index (χ1) is 7.92. The maximum Gasteiger partial charge on any atom is 0.129 e. The summed E-state index contributed by atoms with van der Waals surface area (Å²) in [5, 5.41) is 0. The van der Waals surface area contributed by atoms with Crippen molar-refractivity contribution in [1.82, 2.24) is 4.98 Å². The van der Waals surface area contributed by atoms with Crippen LogP contribution in [-0.4, -0.2) is 18.1 Å². The molecule has 1 aromatic rings. The molecule has 1 rings (SSSR count). The number of rotatable bonds is 4. The van der Waals surface area contributed by atoms with Crippen LogP contribution in [0, 0.1) is 0 Å². The van der Waals surface area contributed by atoms with Crippen LogP contribution in [0.15, 0.2) is 12.1 Å². The average Bonchev–Trinajstić information content (AvgIpc) is 2.29. The third-order valence-corrected chi connectivity index (χ3v) is 2.96. The van der Waals surface area contributed by atoms with Crippen molar-refractivity contribution in [3.8, 4) is 0 Å². The van der Waals surface area contributed by atoms with Gasteiger partial charge in [-0.25, -0.2) is 4.98 Å². The van der Waals surface area contributed by atoms with Crippen molar-refractivity contribution in [3.05, 3.63) is 23.4 Å². The number of pyridine rings is 1. The molecule has 0 atom stereocenters. The summed E-state index contributed by atoms with van der Waals surface area (Å²) in [6.45, 7) is 13.4. The van der Waals surface area contributed by atoms with Crippen LogP contribution in [0.2, 0.25) is 0 Å². The summed E-state index contributed by atoms with van der Waals surface area (Å²) in [4.78, 5) is 7.02. The van der Waals surface area contributed by atoms with Crippen LogP contribution in [0.3, 0.4) is 0 Å². The molecule has 0 unspecified atom stereocenters. The third-order valence-electron chi connectivity index (χ3n) is 2.96. The Labute approximate surface area is 105 Å². The van der Waals surface area contributed by atoms with Crippen molar-refractivity contribution in [3.63, 3.8) is 0 Å². The molecule has 96 valence electrons. The topological polar surface area (TPSA) is 42.1 Å². The summed E-state index contributed by atoms with van der Waals surface area (Å²) in [5.41, 5.74) is 8.10. The van der Waals surface area contributed by atoms with Crippen molar-refractivity contribution >= 4 is 5.82 Å². The molecule has 17 heavy (non-hydrogen) atoms. The summed E-state index contributed by atoms with van der Waals surface area (Å²) < 4.78 is 0. The Morgan fingerprint density at radius 2 is 1.76 bits per heavy atom. The fraction of sp³-hybridized carbons (Fsp3) is 0.643. The monoisotopic (exact) mass is 235 g/mol. The van der Waals surface area contributed by atoms with E-state index in [-0.39, 0.29) is 5.41 Å². The Morgan fingerprint density at radius 3 is 2.18 bits per heavy atom. The van der Waals surface area contributed by atoms with Crippen molar-refractivity contribution in [2.24, 2.45) is 5.73 Å². The molecule has 3 heteroatoms. The quantitative estimate of drug-likeness (QED) is 0.872. The van der Waals surface area contributed by atoms with Gasteiger partial charge in [0, 0.05) is 30.7 Å². The lowest BCUT2D eigenvalue weighted by Gasteiger charge is -2.25. The number of hydrogen-bond donors (Lipinski definition) is 1. The molecule has 0 aliphatic rings. The number of hydrogen-bond acceptors (Lipinski definition) is 3. The molecule has 0 saturated heterocycles. The second-order valence-electron chi connectivity index (χ2n) is 5.35. The zero-order valence-electron chi connectivity index (χ0n) is 11.7. The minimum Gasteiger partial charge on any atom is -0.357 e. The molecule has 0 spiro atoms. The number of nitrogens with two attached hydrogens (primary N) is 1. The molecular formula is C14H25N3. The molecule has 0 fully saturated rings. The molecular weight excluding hydrogens is 210 g/mol. The fourth-order valence-electron chi connectivity index (χ4n) is 1.78. The SMILES string of the molecule is CCN(CC)c1cc(CN)cc(C(C)(C)C)n1. The smallest absolute Gasteiger partial charge is 0.129 e. The van der Waals surface area contributed by atoms with Crippen molar-refractivity contribution in [2.45, 2.75) is 46.6 Å². The zero-order valence-corrected chi connectivity index (χ0v) is 11.7. The molecule has 0 amide bonds. The van der Waals surface area contributed by atoms with Crippen LogP contribution >= 0.6 is 0 Å². The second-order valence-corrected chi connectivity index (χ2v) is 5.35. The maximum absolute atomic E-state index is 5.77. The van der Waals surface area contributed by atoms with Crippen molar-refractivity contribution < 1.29 is 0 Å². The third kappa shape index (κ3) is 3.43. The molecule has 0 radical (unpaired) electrons. The van der Waals surface area contributed by atoms with E-state index >= 15 is 0 Å². The largest absolute Gasteiger partial charge is 0.357 e. The highest BCUT2D eigenvalue weighted by atomic mass is 15.2. The molecule has 1 aromatic heterocycles. The molecule has 0 aromatic carbocycles. The lowest BCUT2D eigenvalue weighted by atomic mass is 9.90. The molecule has 0 bridgehead atoms. The van der Waals surface area contributed by atoms with Gasteiger partial charge in [0.15, 0.2) is 0 Å². The molecule has 3 nitrogen and oxygen atoms in total. The van der Waals surface area contributed by atoms with E-state index in [4.69, 9.17) is 10.7 Å². The van der Waals surface area contributed by atoms with Gasteiger partial charge < -0.3 is 10.6 Å². The first-order valence-electron chi connectivity index (χ1n) is 6.38. The Kier molecular flexibility index (Phi) is 4.52. The van der Waals surface area contributed by atoms with Gasteiger partial charge >= 0.3 is 0 Å². The molecule has 0 aliphatic heterocycles. The van der Waals surface area contributed by atoms with Gasteiger partial charge in [-0.1, -0.05) is 20.8 Å². The normalized spacial score (nSPS) is 11.6. The highest BCUT2D eigenvalue weighted by molar-refractivity contribution is 5.43. The first-order valence-corrected chi connectivity index (χ1v) is 6.38. The van der Waals surface area contributed by atoms with E-state index in [9.17, 15) is 0 Å². The van der Waals surface area contributed by atoms with Gasteiger partial charge in [0.2, 0.25) is 0 Å². The van der Waals surface area contributed by atoms with E-state index in [1.54, 1.807) is 0 Å². The van der Waals surface area contributed by atoms with Gasteiger partial charge in [-0.3, -0.25) is 0 Å². The van der Waals surface area contributed by atoms with Crippen LogP contribution in [0.5, 0.6) is 0 Å². The minimum absolute atomic E-state index is 0.0626. The minimum atomic E-state index is 0.0626. The van der Waals surface area contributed by atoms with Gasteiger partial charge in [-0.15, -0.1) is 0 Å². The van der Waals surface area contributed by atoms with E-state index in [1.165, 1.54) is 0 Å². The second kappa shape index (κ2) is 5.50. The van der Waals surface area contributed by atoms with E-state index in [1.807, 2.05) is 0 Å². The number of aromatic nitrogens is 1. The highest BCUT2D eigenvalue weighted by Crippen LogP contribution is 2.24. The van der Waals surface area contributed by atoms with Crippen LogP contribution in [0.4, 0.5) is 5.82 Å². The van der Waals surface area contributed by atoms with E-state index in [2.05, 4.69) is 51.7 Å². The fourth-order valence-corrected chi connectivity index (χ4v) is 1.78. The van der Waals surface area contributed by atoms with Crippen LogP contribution in [0.25, 0.3) is 0 Å². The van der Waals surface area contributed by atoms with E-state index < -0.39 is 0 Å². The Bertz CT molecular complexity index is 362. The highest BCUT2D eigenvalue weighted by Gasteiger charge is 2.18. The summed E-state index contributed by atoms with van der Waals surface area (Å²) in [7, 11) is 0. The van der Waals surface area contributed by atoms with E-state index in [0.717, 1.165) is 30.2 Å². The summed E-state index contributed by atoms with van der Waals surface area (Å²) in [6, 6.07) is 4.22. The van der Waals surface area contributed by atoms with Crippen LogP contribution < -0.4 is 10.6 Å². The summed E-state index contributed by atoms with van der Waals surface area (Å²) in [5.74, 6) is 1.04. The molecule has 0 saturated carbocycles. The van der Waals surface area contributed by atoms with E-state index in [0.29, 0.717) is 6.54 Å².